The molecule has 4 N–H and O–H groups in total. The molecule has 5 aromatic rings. The van der Waals surface area contributed by atoms with Crippen LogP contribution in [-0.2, 0) is 11.8 Å². The van der Waals surface area contributed by atoms with E-state index in [9.17, 15) is 26.7 Å². The van der Waals surface area contributed by atoms with Crippen LogP contribution in [-0.4, -0.2) is 47.2 Å². The summed E-state index contributed by atoms with van der Waals surface area (Å²) in [6.07, 6.45) is 1.25. The normalized spacial score (nSPS) is 17.4. The van der Waals surface area contributed by atoms with E-state index in [2.05, 4.69) is 14.8 Å². The number of hydrogen-bond acceptors (Lipinski definition) is 4. The van der Waals surface area contributed by atoms with Gasteiger partial charge >= 0.3 is 17.8 Å². The van der Waals surface area contributed by atoms with Crippen molar-refractivity contribution < 1.29 is 31.9 Å². The number of aromatic amines is 1. The number of alkyl halides is 3. The molecule has 1 fully saturated rings. The van der Waals surface area contributed by atoms with Crippen molar-refractivity contribution in [2.45, 2.75) is 37.5 Å². The fourth-order valence-electron chi connectivity index (χ4n) is 5.18. The van der Waals surface area contributed by atoms with E-state index in [0.29, 0.717) is 27.8 Å². The lowest BCUT2D eigenvalue weighted by molar-refractivity contribution is -0.192. The molecular weight excluding hydrogens is 539 g/mol. The first-order valence-electron chi connectivity index (χ1n) is 12.1. The predicted octanol–water partition coefficient (Wildman–Crippen LogP) is 4.64. The molecule has 0 aliphatic heterocycles. The summed E-state index contributed by atoms with van der Waals surface area (Å²) in [5, 5.41) is 15.2. The molecule has 14 heteroatoms. The predicted molar refractivity (Wildman–Crippen MR) is 136 cm³/mol. The molecule has 1 aliphatic carbocycles. The first kappa shape index (κ1) is 27.1. The van der Waals surface area contributed by atoms with Gasteiger partial charge in [0.05, 0.1) is 11.2 Å². The standard InChI is InChI=1S/C24H22F2N6O.C2HF3O2/c1-30-11-19(17-8-13(25)2-6-20(17)30)23-28-29-24(33)32(23)22-12-31(16-5-4-15(27)10-16)21-7-3-14(26)9-18(21)22;3-2(4,5)1(6)7/h2-3,6-9,11-12,15-16H,4-5,10,27H2,1H3,(H,29,33);(H,6,7)/t15-,16+;/m0./s1. The van der Waals surface area contributed by atoms with Crippen molar-refractivity contribution >= 4 is 27.8 Å². The van der Waals surface area contributed by atoms with Gasteiger partial charge in [-0.05, 0) is 55.7 Å². The van der Waals surface area contributed by atoms with Crippen LogP contribution < -0.4 is 11.4 Å². The summed E-state index contributed by atoms with van der Waals surface area (Å²) in [6.45, 7) is 0. The molecule has 3 heterocycles. The largest absolute Gasteiger partial charge is 0.490 e. The molecule has 2 atom stereocenters. The Balaban J connectivity index is 0.000000411. The third kappa shape index (κ3) is 4.85. The second kappa shape index (κ2) is 9.93. The first-order chi connectivity index (χ1) is 18.8. The van der Waals surface area contributed by atoms with Crippen molar-refractivity contribution in [2.75, 3.05) is 0 Å². The molecular formula is C26H23F5N6O3. The number of carboxylic acid groups (broad SMARTS) is 1. The van der Waals surface area contributed by atoms with Crippen LogP contribution in [0, 0.1) is 11.6 Å². The molecule has 6 rings (SSSR count). The molecule has 0 amide bonds. The third-order valence-electron chi connectivity index (χ3n) is 6.96. The Hall–Kier alpha value is -4.46. The highest BCUT2D eigenvalue weighted by Crippen LogP contribution is 2.37. The van der Waals surface area contributed by atoms with Gasteiger partial charge in [-0.1, -0.05) is 0 Å². The SMILES string of the molecule is Cn1cc(-c2n[nH]c(=O)n2-c2cn([C@@H]3CC[C@H](N)C3)c3ccc(F)cc23)c2cc(F)ccc21.O=C(O)C(F)(F)F. The summed E-state index contributed by atoms with van der Waals surface area (Å²) in [5.74, 6) is -3.19. The number of hydrogen-bond donors (Lipinski definition) is 3. The Labute approximate surface area is 222 Å². The molecule has 9 nitrogen and oxygen atoms in total. The number of nitrogens with one attached hydrogen (secondary N) is 1. The van der Waals surface area contributed by atoms with E-state index in [4.69, 9.17) is 15.6 Å². The lowest BCUT2D eigenvalue weighted by Crippen LogP contribution is -2.21. The maximum Gasteiger partial charge on any atom is 0.490 e. The van der Waals surface area contributed by atoms with E-state index < -0.39 is 23.7 Å². The molecule has 0 radical (unpaired) electrons. The summed E-state index contributed by atoms with van der Waals surface area (Å²) in [4.78, 5) is 21.9. The fourth-order valence-corrected chi connectivity index (χ4v) is 5.18. The molecule has 0 unspecified atom stereocenters. The molecule has 40 heavy (non-hydrogen) atoms. The van der Waals surface area contributed by atoms with Crippen molar-refractivity contribution in [1.29, 1.82) is 0 Å². The Bertz CT molecular complexity index is 1800. The third-order valence-corrected chi connectivity index (χ3v) is 6.96. The van der Waals surface area contributed by atoms with E-state index in [-0.39, 0.29) is 17.9 Å². The van der Waals surface area contributed by atoms with Crippen LogP contribution in [0.1, 0.15) is 25.3 Å². The van der Waals surface area contributed by atoms with Crippen molar-refractivity contribution in [1.82, 2.24) is 23.9 Å². The van der Waals surface area contributed by atoms with Crippen LogP contribution in [0.5, 0.6) is 0 Å². The summed E-state index contributed by atoms with van der Waals surface area (Å²) >= 11 is 0. The van der Waals surface area contributed by atoms with Gasteiger partial charge in [0.2, 0.25) is 0 Å². The van der Waals surface area contributed by atoms with Crippen LogP contribution in [0.15, 0.2) is 53.6 Å². The van der Waals surface area contributed by atoms with Crippen LogP contribution in [0.25, 0.3) is 38.9 Å². The maximum atomic E-state index is 14.3. The fraction of sp³-hybridized carbons (Fsp3) is 0.269. The number of aromatic nitrogens is 5. The zero-order valence-corrected chi connectivity index (χ0v) is 20.9. The van der Waals surface area contributed by atoms with Crippen LogP contribution in [0.2, 0.25) is 0 Å². The lowest BCUT2D eigenvalue weighted by Gasteiger charge is -2.13. The Kier molecular flexibility index (Phi) is 6.74. The van der Waals surface area contributed by atoms with E-state index in [1.165, 1.54) is 28.8 Å². The number of aliphatic carboxylic acids is 1. The van der Waals surface area contributed by atoms with Gasteiger partial charge in [0.25, 0.3) is 0 Å². The number of halogens is 5. The highest BCUT2D eigenvalue weighted by Gasteiger charge is 2.38. The summed E-state index contributed by atoms with van der Waals surface area (Å²) < 4.78 is 65.5. The molecule has 0 bridgehead atoms. The van der Waals surface area contributed by atoms with E-state index in [1.807, 2.05) is 24.0 Å². The van der Waals surface area contributed by atoms with Crippen molar-refractivity contribution in [3.05, 3.63) is 70.9 Å². The average molecular weight is 562 g/mol. The van der Waals surface area contributed by atoms with Gasteiger partial charge in [-0.25, -0.2) is 28.0 Å². The highest BCUT2D eigenvalue weighted by molar-refractivity contribution is 5.96. The average Bonchev–Trinajstić information content (AvgIpc) is 3.63. The quantitative estimate of drug-likeness (QED) is 0.277. The number of benzene rings is 2. The topological polar surface area (TPSA) is 124 Å². The maximum absolute atomic E-state index is 14.3. The number of carbonyl (C=O) groups is 1. The highest BCUT2D eigenvalue weighted by atomic mass is 19.4. The van der Waals surface area contributed by atoms with Gasteiger partial charge in [0.1, 0.15) is 11.6 Å². The van der Waals surface area contributed by atoms with Crippen LogP contribution in [0.4, 0.5) is 22.0 Å². The molecule has 1 saturated carbocycles. The van der Waals surface area contributed by atoms with Gasteiger partial charge in [0, 0.05) is 53.4 Å². The first-order valence-corrected chi connectivity index (χ1v) is 12.1. The van der Waals surface area contributed by atoms with Crippen molar-refractivity contribution in [3.63, 3.8) is 0 Å². The van der Waals surface area contributed by atoms with Gasteiger partial charge in [0.15, 0.2) is 5.82 Å². The second-order valence-corrected chi connectivity index (χ2v) is 9.62. The van der Waals surface area contributed by atoms with Gasteiger partial charge in [-0.3, -0.25) is 0 Å². The van der Waals surface area contributed by atoms with Crippen molar-refractivity contribution in [2.24, 2.45) is 12.8 Å². The molecule has 0 saturated heterocycles. The Morgan fingerprint density at radius 1 is 1.05 bits per heavy atom. The molecule has 210 valence electrons. The molecule has 3 aromatic heterocycles. The van der Waals surface area contributed by atoms with Gasteiger partial charge in [-0.15, -0.1) is 0 Å². The number of H-pyrrole nitrogens is 1. The van der Waals surface area contributed by atoms with Gasteiger partial charge < -0.3 is 20.0 Å². The number of aryl methyl sites for hydroxylation is 1. The monoisotopic (exact) mass is 562 g/mol. The summed E-state index contributed by atoms with van der Waals surface area (Å²) in [7, 11) is 1.85. The van der Waals surface area contributed by atoms with E-state index in [0.717, 1.165) is 30.3 Å². The molecule has 0 spiro atoms. The summed E-state index contributed by atoms with van der Waals surface area (Å²) in [5.41, 5.74) is 8.45. The van der Waals surface area contributed by atoms with Crippen molar-refractivity contribution in [3.8, 4) is 17.1 Å². The van der Waals surface area contributed by atoms with E-state index >= 15 is 0 Å². The molecule has 1 aliphatic rings. The Morgan fingerprint density at radius 3 is 2.27 bits per heavy atom. The lowest BCUT2D eigenvalue weighted by atomic mass is 10.1. The number of nitrogens with two attached hydrogens (primary N) is 1. The summed E-state index contributed by atoms with van der Waals surface area (Å²) in [6, 6.07) is 9.38. The van der Waals surface area contributed by atoms with Crippen LogP contribution in [0.3, 0.4) is 0 Å². The minimum Gasteiger partial charge on any atom is -0.475 e. The second-order valence-electron chi connectivity index (χ2n) is 9.62. The number of carboxylic acids is 1. The van der Waals surface area contributed by atoms with Crippen LogP contribution >= 0.6 is 0 Å². The minimum absolute atomic E-state index is 0.120. The van der Waals surface area contributed by atoms with E-state index in [1.54, 1.807) is 12.1 Å². The minimum atomic E-state index is -5.08. The zero-order valence-electron chi connectivity index (χ0n) is 20.9. The number of fused-ring (bicyclic) bond motifs is 2. The number of rotatable bonds is 3. The Morgan fingerprint density at radius 2 is 1.68 bits per heavy atom. The zero-order chi connectivity index (χ0) is 28.9. The number of nitrogens with zero attached hydrogens (tertiary/aromatic N) is 4. The van der Waals surface area contributed by atoms with Gasteiger partial charge in [-0.2, -0.15) is 18.3 Å². The molecule has 2 aromatic carbocycles. The smallest absolute Gasteiger partial charge is 0.475 e.